The molecule has 2 N–H and O–H groups in total. The smallest absolute Gasteiger partial charge is 0.170 e. The Bertz CT molecular complexity index is 531. The fourth-order valence-corrected chi connectivity index (χ4v) is 3.00. The van der Waals surface area contributed by atoms with Crippen LogP contribution in [0.3, 0.4) is 0 Å². The molecule has 1 atom stereocenters. The third-order valence-electron chi connectivity index (χ3n) is 4.74. The molecule has 0 fully saturated rings. The highest BCUT2D eigenvalue weighted by atomic mass is 32.1. The Kier molecular flexibility index (Phi) is 10.7. The Labute approximate surface area is 159 Å². The lowest BCUT2D eigenvalue weighted by atomic mass is 10.0. The summed E-state index contributed by atoms with van der Waals surface area (Å²) in [5, 5.41) is 7.25. The van der Waals surface area contributed by atoms with Crippen molar-refractivity contribution >= 4 is 23.0 Å². The van der Waals surface area contributed by atoms with E-state index in [1.165, 1.54) is 42.4 Å². The van der Waals surface area contributed by atoms with Crippen molar-refractivity contribution in [1.82, 2.24) is 5.32 Å². The van der Waals surface area contributed by atoms with Crippen LogP contribution in [0.2, 0.25) is 0 Å². The summed E-state index contributed by atoms with van der Waals surface area (Å²) in [7, 11) is 0. The Morgan fingerprint density at radius 3 is 2.48 bits per heavy atom. The molecule has 142 valence electrons. The number of benzene rings is 1. The van der Waals surface area contributed by atoms with E-state index in [2.05, 4.69) is 57.4 Å². The van der Waals surface area contributed by atoms with Crippen LogP contribution in [-0.2, 0) is 4.74 Å². The van der Waals surface area contributed by atoms with E-state index in [0.29, 0.717) is 11.0 Å². The van der Waals surface area contributed by atoms with Crippen molar-refractivity contribution in [3.05, 3.63) is 28.8 Å². The fourth-order valence-electron chi connectivity index (χ4n) is 2.79. The monoisotopic (exact) mass is 364 g/mol. The average molecular weight is 365 g/mol. The number of unbranched alkanes of at least 4 members (excludes halogenated alkanes) is 1. The minimum absolute atomic E-state index is 0.681. The van der Waals surface area contributed by atoms with Crippen LogP contribution in [-0.4, -0.2) is 24.9 Å². The van der Waals surface area contributed by atoms with Gasteiger partial charge in [0.15, 0.2) is 5.11 Å². The van der Waals surface area contributed by atoms with Crippen LogP contribution in [0, 0.1) is 26.7 Å². The molecule has 0 radical (unpaired) electrons. The van der Waals surface area contributed by atoms with E-state index in [1.807, 2.05) is 0 Å². The second-order valence-electron chi connectivity index (χ2n) is 6.98. The first-order chi connectivity index (χ1) is 12.0. The van der Waals surface area contributed by atoms with Gasteiger partial charge in [0.1, 0.15) is 0 Å². The predicted molar refractivity (Wildman–Crippen MR) is 114 cm³/mol. The van der Waals surface area contributed by atoms with Gasteiger partial charge in [-0.2, -0.15) is 0 Å². The van der Waals surface area contributed by atoms with Crippen molar-refractivity contribution in [2.45, 2.75) is 66.7 Å². The van der Waals surface area contributed by atoms with E-state index in [-0.39, 0.29) is 0 Å². The molecular weight excluding hydrogens is 328 g/mol. The molecule has 0 aromatic heterocycles. The van der Waals surface area contributed by atoms with Crippen molar-refractivity contribution in [3.8, 4) is 0 Å². The second-order valence-corrected chi connectivity index (χ2v) is 7.39. The average Bonchev–Trinajstić information content (AvgIpc) is 2.58. The van der Waals surface area contributed by atoms with Gasteiger partial charge in [-0.1, -0.05) is 39.2 Å². The lowest BCUT2D eigenvalue weighted by Crippen LogP contribution is -2.30. The first kappa shape index (κ1) is 21.9. The first-order valence-electron chi connectivity index (χ1n) is 9.68. The molecular formula is C21H36N2OS. The minimum atomic E-state index is 0.681. The Hall–Kier alpha value is -1.13. The lowest BCUT2D eigenvalue weighted by molar-refractivity contribution is 0.0928. The van der Waals surface area contributed by atoms with Crippen molar-refractivity contribution in [2.24, 2.45) is 5.92 Å². The van der Waals surface area contributed by atoms with Gasteiger partial charge < -0.3 is 15.4 Å². The fraction of sp³-hybridized carbons (Fsp3) is 0.667. The van der Waals surface area contributed by atoms with Gasteiger partial charge in [0.2, 0.25) is 0 Å². The largest absolute Gasteiger partial charge is 0.381 e. The summed E-state index contributed by atoms with van der Waals surface area (Å²) in [6, 6.07) is 4.35. The number of anilines is 1. The van der Waals surface area contributed by atoms with Crippen molar-refractivity contribution in [1.29, 1.82) is 0 Å². The third kappa shape index (κ3) is 8.68. The molecule has 0 saturated heterocycles. The first-order valence-corrected chi connectivity index (χ1v) is 10.1. The molecule has 1 rings (SSSR count). The lowest BCUT2D eigenvalue weighted by Gasteiger charge is -2.16. The molecule has 0 aliphatic rings. The summed E-state index contributed by atoms with van der Waals surface area (Å²) >= 11 is 5.39. The second kappa shape index (κ2) is 12.3. The highest BCUT2D eigenvalue weighted by Gasteiger charge is 2.06. The molecule has 4 heteroatoms. The highest BCUT2D eigenvalue weighted by molar-refractivity contribution is 7.80. The van der Waals surface area contributed by atoms with Crippen molar-refractivity contribution in [2.75, 3.05) is 25.1 Å². The van der Waals surface area contributed by atoms with E-state index in [9.17, 15) is 0 Å². The van der Waals surface area contributed by atoms with Crippen molar-refractivity contribution in [3.63, 3.8) is 0 Å². The quantitative estimate of drug-likeness (QED) is 0.400. The molecule has 0 amide bonds. The summed E-state index contributed by atoms with van der Waals surface area (Å²) in [6.07, 6.45) is 6.04. The maximum atomic E-state index is 5.83. The van der Waals surface area contributed by atoms with Crippen LogP contribution in [0.1, 0.15) is 62.6 Å². The molecule has 0 aliphatic carbocycles. The van der Waals surface area contributed by atoms with E-state index in [0.717, 1.165) is 31.9 Å². The van der Waals surface area contributed by atoms with Gasteiger partial charge in [0.05, 0.1) is 0 Å². The van der Waals surface area contributed by atoms with Crippen molar-refractivity contribution < 1.29 is 4.74 Å². The molecule has 1 aromatic carbocycles. The Balaban J connectivity index is 2.20. The number of ether oxygens (including phenoxy) is 1. The zero-order chi connectivity index (χ0) is 18.7. The summed E-state index contributed by atoms with van der Waals surface area (Å²) in [5.74, 6) is 0.711. The molecule has 0 heterocycles. The summed E-state index contributed by atoms with van der Waals surface area (Å²) in [4.78, 5) is 0. The summed E-state index contributed by atoms with van der Waals surface area (Å²) < 4.78 is 5.83. The molecule has 0 bridgehead atoms. The van der Waals surface area contributed by atoms with Crippen LogP contribution in [0.4, 0.5) is 5.69 Å². The molecule has 0 spiro atoms. The number of hydrogen-bond donors (Lipinski definition) is 2. The molecule has 1 unspecified atom stereocenters. The number of thiocarbonyl (C=S) groups is 1. The van der Waals surface area contributed by atoms with Gasteiger partial charge in [-0.15, -0.1) is 0 Å². The van der Waals surface area contributed by atoms with Gasteiger partial charge in [-0.05, 0) is 74.5 Å². The Morgan fingerprint density at radius 1 is 1.08 bits per heavy atom. The maximum absolute atomic E-state index is 5.83. The van der Waals surface area contributed by atoms with Gasteiger partial charge in [0, 0.05) is 25.4 Å². The van der Waals surface area contributed by atoms with Crippen LogP contribution in [0.15, 0.2) is 12.1 Å². The van der Waals surface area contributed by atoms with Gasteiger partial charge >= 0.3 is 0 Å². The number of nitrogens with one attached hydrogen (secondary N) is 2. The number of aryl methyl sites for hydroxylation is 3. The van der Waals surface area contributed by atoms with Crippen LogP contribution in [0.25, 0.3) is 0 Å². The van der Waals surface area contributed by atoms with E-state index in [1.54, 1.807) is 0 Å². The minimum Gasteiger partial charge on any atom is -0.381 e. The summed E-state index contributed by atoms with van der Waals surface area (Å²) in [6.45, 7) is 13.4. The predicted octanol–water partition coefficient (Wildman–Crippen LogP) is 5.52. The SMILES string of the molecule is CCCCC(CC)COCCCNC(=S)Nc1cc(C)c(C)cc1C. The maximum Gasteiger partial charge on any atom is 0.170 e. The van der Waals surface area contributed by atoms with Gasteiger partial charge in [-0.25, -0.2) is 0 Å². The van der Waals surface area contributed by atoms with E-state index < -0.39 is 0 Å². The van der Waals surface area contributed by atoms with E-state index >= 15 is 0 Å². The topological polar surface area (TPSA) is 33.3 Å². The normalized spacial score (nSPS) is 12.0. The molecule has 1 aromatic rings. The summed E-state index contributed by atoms with van der Waals surface area (Å²) in [5.41, 5.74) is 4.88. The number of rotatable bonds is 11. The Morgan fingerprint density at radius 2 is 1.80 bits per heavy atom. The molecule has 0 aliphatic heterocycles. The zero-order valence-corrected chi connectivity index (χ0v) is 17.5. The van der Waals surface area contributed by atoms with Gasteiger partial charge in [0.25, 0.3) is 0 Å². The van der Waals surface area contributed by atoms with Gasteiger partial charge in [-0.3, -0.25) is 0 Å². The van der Waals surface area contributed by atoms with Crippen LogP contribution < -0.4 is 10.6 Å². The molecule has 0 saturated carbocycles. The number of hydrogen-bond acceptors (Lipinski definition) is 2. The van der Waals surface area contributed by atoms with Crippen LogP contribution in [0.5, 0.6) is 0 Å². The standard InChI is InChI=1S/C21H36N2OS/c1-6-8-10-19(7-2)15-24-12-9-11-22-21(25)23-20-14-17(4)16(3)13-18(20)5/h13-14,19H,6-12,15H2,1-5H3,(H2,22,23,25). The third-order valence-corrected chi connectivity index (χ3v) is 4.98. The van der Waals surface area contributed by atoms with Crippen LogP contribution >= 0.6 is 12.2 Å². The highest BCUT2D eigenvalue weighted by Crippen LogP contribution is 2.19. The molecule has 3 nitrogen and oxygen atoms in total. The zero-order valence-electron chi connectivity index (χ0n) is 16.7. The molecule has 25 heavy (non-hydrogen) atoms. The van der Waals surface area contributed by atoms with E-state index in [4.69, 9.17) is 17.0 Å².